The molecule has 2 heterocycles. The Labute approximate surface area is 141 Å². The molecule has 0 aromatic heterocycles. The Kier molecular flexibility index (Phi) is 4.07. The van der Waals surface area contributed by atoms with E-state index in [-0.39, 0.29) is 17.7 Å². The zero-order valence-electron chi connectivity index (χ0n) is 14.2. The van der Waals surface area contributed by atoms with Crippen molar-refractivity contribution in [3.63, 3.8) is 0 Å². The van der Waals surface area contributed by atoms with Crippen LogP contribution in [0.5, 0.6) is 0 Å². The quantitative estimate of drug-likeness (QED) is 0.844. The highest BCUT2D eigenvalue weighted by Crippen LogP contribution is 2.32. The maximum atomic E-state index is 12.2. The summed E-state index contributed by atoms with van der Waals surface area (Å²) in [6.45, 7) is 6.70. The van der Waals surface area contributed by atoms with Gasteiger partial charge in [-0.25, -0.2) is 4.79 Å². The molecular weight excluding hydrogens is 308 g/mol. The number of hydrogen-bond donors (Lipinski definition) is 1. The number of cyclic esters (lactones) is 1. The molecule has 0 radical (unpaired) electrons. The number of amides is 3. The highest BCUT2D eigenvalue weighted by Gasteiger charge is 2.42. The molecule has 0 bridgehead atoms. The highest BCUT2D eigenvalue weighted by molar-refractivity contribution is 6.01. The second-order valence-electron chi connectivity index (χ2n) is 7.37. The summed E-state index contributed by atoms with van der Waals surface area (Å²) < 4.78 is 5.48. The minimum Gasteiger partial charge on any atom is -0.439 e. The minimum absolute atomic E-state index is 0.00191. The molecule has 2 atom stereocenters. The van der Waals surface area contributed by atoms with Crippen molar-refractivity contribution in [2.45, 2.75) is 51.2 Å². The van der Waals surface area contributed by atoms with Crippen molar-refractivity contribution >= 4 is 17.9 Å². The summed E-state index contributed by atoms with van der Waals surface area (Å²) in [6, 6.07) is 7.36. The van der Waals surface area contributed by atoms with Crippen molar-refractivity contribution in [3.8, 4) is 0 Å². The summed E-state index contributed by atoms with van der Waals surface area (Å²) in [7, 11) is 0. The molecular formula is C18H22N2O4. The van der Waals surface area contributed by atoms with Gasteiger partial charge < -0.3 is 4.74 Å². The SMILES string of the molecule is CC(C)(C)c1cccc([C@@H]2CN(C3CCC(=O)NC3=O)C(=O)O2)c1. The number of ether oxygens (including phenoxy) is 1. The lowest BCUT2D eigenvalue weighted by Crippen LogP contribution is -2.52. The van der Waals surface area contributed by atoms with E-state index in [9.17, 15) is 14.4 Å². The number of carbonyl (C=O) groups is 3. The number of rotatable bonds is 2. The predicted octanol–water partition coefficient (Wildman–Crippen LogP) is 2.28. The molecule has 2 saturated heterocycles. The fourth-order valence-corrected chi connectivity index (χ4v) is 3.09. The number of nitrogens with one attached hydrogen (secondary N) is 1. The molecule has 0 aliphatic carbocycles. The average molecular weight is 330 g/mol. The molecule has 2 fully saturated rings. The van der Waals surface area contributed by atoms with Crippen LogP contribution in [-0.4, -0.2) is 35.4 Å². The van der Waals surface area contributed by atoms with Gasteiger partial charge in [0.2, 0.25) is 11.8 Å². The zero-order chi connectivity index (χ0) is 17.5. The molecule has 24 heavy (non-hydrogen) atoms. The van der Waals surface area contributed by atoms with Gasteiger partial charge in [-0.05, 0) is 23.0 Å². The van der Waals surface area contributed by atoms with Crippen LogP contribution in [0.3, 0.4) is 0 Å². The smallest absolute Gasteiger partial charge is 0.411 e. The lowest BCUT2D eigenvalue weighted by atomic mass is 9.85. The molecule has 1 aromatic rings. The summed E-state index contributed by atoms with van der Waals surface area (Å²) in [5, 5.41) is 2.28. The largest absolute Gasteiger partial charge is 0.439 e. The molecule has 2 aliphatic heterocycles. The van der Waals surface area contributed by atoms with E-state index in [4.69, 9.17) is 4.74 Å². The minimum atomic E-state index is -0.633. The summed E-state index contributed by atoms with van der Waals surface area (Å²) in [4.78, 5) is 36.9. The van der Waals surface area contributed by atoms with Gasteiger partial charge in [-0.3, -0.25) is 19.8 Å². The lowest BCUT2D eigenvalue weighted by Gasteiger charge is -2.27. The lowest BCUT2D eigenvalue weighted by molar-refractivity contribution is -0.136. The molecule has 3 amide bonds. The third-order valence-corrected chi connectivity index (χ3v) is 4.55. The molecule has 0 saturated carbocycles. The van der Waals surface area contributed by atoms with Gasteiger partial charge in [-0.2, -0.15) is 0 Å². The maximum Gasteiger partial charge on any atom is 0.411 e. The Bertz CT molecular complexity index is 693. The number of imide groups is 1. The van der Waals surface area contributed by atoms with Crippen molar-refractivity contribution in [2.24, 2.45) is 0 Å². The first-order valence-electron chi connectivity index (χ1n) is 8.17. The van der Waals surface area contributed by atoms with Crippen LogP contribution in [0.1, 0.15) is 50.8 Å². The van der Waals surface area contributed by atoms with Crippen LogP contribution in [0.15, 0.2) is 24.3 Å². The van der Waals surface area contributed by atoms with Crippen LogP contribution in [0, 0.1) is 0 Å². The summed E-state index contributed by atoms with van der Waals surface area (Å²) in [5.41, 5.74) is 2.09. The summed E-state index contributed by atoms with van der Waals surface area (Å²) in [6.07, 6.45) is -0.320. The Morgan fingerprint density at radius 3 is 2.62 bits per heavy atom. The predicted molar refractivity (Wildman–Crippen MR) is 87.2 cm³/mol. The molecule has 3 rings (SSSR count). The van der Waals surface area contributed by atoms with E-state index in [2.05, 4.69) is 32.2 Å². The van der Waals surface area contributed by atoms with E-state index in [1.165, 1.54) is 4.90 Å². The van der Waals surface area contributed by atoms with Crippen LogP contribution in [-0.2, 0) is 19.7 Å². The van der Waals surface area contributed by atoms with E-state index in [1.54, 1.807) is 0 Å². The molecule has 1 N–H and O–H groups in total. The number of nitrogens with zero attached hydrogens (tertiary/aromatic N) is 1. The van der Waals surface area contributed by atoms with Gasteiger partial charge in [0.05, 0.1) is 6.54 Å². The first-order valence-corrected chi connectivity index (χ1v) is 8.17. The fourth-order valence-electron chi connectivity index (χ4n) is 3.09. The average Bonchev–Trinajstić information content (AvgIpc) is 2.88. The van der Waals surface area contributed by atoms with Gasteiger partial charge in [-0.15, -0.1) is 0 Å². The number of carbonyl (C=O) groups excluding carboxylic acids is 3. The first kappa shape index (κ1) is 16.5. The van der Waals surface area contributed by atoms with Crippen molar-refractivity contribution in [2.75, 3.05) is 6.54 Å². The van der Waals surface area contributed by atoms with Gasteiger partial charge in [0, 0.05) is 6.42 Å². The third kappa shape index (κ3) is 3.13. The molecule has 1 aromatic carbocycles. The highest BCUT2D eigenvalue weighted by atomic mass is 16.6. The Morgan fingerprint density at radius 1 is 1.21 bits per heavy atom. The maximum absolute atomic E-state index is 12.2. The zero-order valence-corrected chi connectivity index (χ0v) is 14.2. The summed E-state index contributed by atoms with van der Waals surface area (Å²) in [5.74, 6) is -0.717. The monoisotopic (exact) mass is 330 g/mol. The third-order valence-electron chi connectivity index (χ3n) is 4.55. The Hall–Kier alpha value is -2.37. The van der Waals surface area contributed by atoms with Crippen molar-refractivity contribution in [3.05, 3.63) is 35.4 Å². The van der Waals surface area contributed by atoms with E-state index < -0.39 is 24.1 Å². The van der Waals surface area contributed by atoms with Crippen molar-refractivity contribution < 1.29 is 19.1 Å². The Balaban J connectivity index is 1.78. The topological polar surface area (TPSA) is 75.7 Å². The molecule has 6 nitrogen and oxygen atoms in total. The number of piperidine rings is 1. The normalized spacial score (nSPS) is 24.8. The first-order chi connectivity index (χ1) is 11.3. The van der Waals surface area contributed by atoms with E-state index in [0.717, 1.165) is 11.1 Å². The van der Waals surface area contributed by atoms with Crippen LogP contribution < -0.4 is 5.32 Å². The molecule has 1 unspecified atom stereocenters. The molecule has 2 aliphatic rings. The van der Waals surface area contributed by atoms with Gasteiger partial charge in [0.25, 0.3) is 0 Å². The van der Waals surface area contributed by atoms with Crippen molar-refractivity contribution in [1.82, 2.24) is 10.2 Å². The van der Waals surface area contributed by atoms with E-state index in [1.807, 2.05) is 18.2 Å². The number of benzene rings is 1. The second-order valence-corrected chi connectivity index (χ2v) is 7.37. The van der Waals surface area contributed by atoms with Gasteiger partial charge in [0.15, 0.2) is 0 Å². The number of hydrogen-bond acceptors (Lipinski definition) is 4. The van der Waals surface area contributed by atoms with Crippen LogP contribution >= 0.6 is 0 Å². The van der Waals surface area contributed by atoms with Gasteiger partial charge in [0.1, 0.15) is 12.1 Å². The van der Waals surface area contributed by atoms with Gasteiger partial charge in [-0.1, -0.05) is 45.0 Å². The standard InChI is InChI=1S/C18H22N2O4/c1-18(2,3)12-6-4-5-11(9-12)14-10-20(17(23)24-14)13-7-8-15(21)19-16(13)22/h4-6,9,13-14H,7-8,10H2,1-3H3,(H,19,21,22)/t13?,14-/m0/s1. The van der Waals surface area contributed by atoms with E-state index in [0.29, 0.717) is 13.0 Å². The van der Waals surface area contributed by atoms with Crippen LogP contribution in [0.25, 0.3) is 0 Å². The molecule has 128 valence electrons. The fraction of sp³-hybridized carbons (Fsp3) is 0.500. The van der Waals surface area contributed by atoms with Crippen molar-refractivity contribution in [1.29, 1.82) is 0 Å². The van der Waals surface area contributed by atoms with Crippen LogP contribution in [0.4, 0.5) is 4.79 Å². The second kappa shape index (κ2) is 5.92. The summed E-state index contributed by atoms with van der Waals surface area (Å²) >= 11 is 0. The Morgan fingerprint density at radius 2 is 1.96 bits per heavy atom. The van der Waals surface area contributed by atoms with Gasteiger partial charge >= 0.3 is 6.09 Å². The van der Waals surface area contributed by atoms with E-state index >= 15 is 0 Å². The van der Waals surface area contributed by atoms with Crippen LogP contribution in [0.2, 0.25) is 0 Å². The molecule has 0 spiro atoms. The molecule has 6 heteroatoms.